The third kappa shape index (κ3) is 9.65. The summed E-state index contributed by atoms with van der Waals surface area (Å²) >= 11 is 0. The predicted octanol–water partition coefficient (Wildman–Crippen LogP) is 4.55. The van der Waals surface area contributed by atoms with Gasteiger partial charge >= 0.3 is 0 Å². The van der Waals surface area contributed by atoms with Crippen LogP contribution in [0, 0.1) is 10.1 Å². The van der Waals surface area contributed by atoms with E-state index in [-0.39, 0.29) is 5.69 Å². The lowest BCUT2D eigenvalue weighted by atomic mass is 10.2. The lowest BCUT2D eigenvalue weighted by Gasteiger charge is -2.09. The molecule has 0 aliphatic carbocycles. The van der Waals surface area contributed by atoms with Gasteiger partial charge in [-0.15, -0.1) is 0 Å². The number of hydrogen-bond donors (Lipinski definition) is 6. The van der Waals surface area contributed by atoms with E-state index >= 15 is 0 Å². The summed E-state index contributed by atoms with van der Waals surface area (Å²) in [6, 6.07) is 16.4. The number of rotatable bonds is 9. The summed E-state index contributed by atoms with van der Waals surface area (Å²) in [6.45, 7) is 0. The maximum Gasteiger partial charge on any atom is 0.296 e. The number of hydrogen-bond acceptors (Lipinski definition) is 14. The largest absolute Gasteiger partial charge is 0.457 e. The SMILES string of the molecule is CNc1ccc(Oc2ccnc(/C=N\O)c2)cc1N.CNc1ccc(Oc2ccnc(/C=N\O)c2)cc1[N+](=O)[O-].CO. The number of nitrogen functional groups attached to an aromatic ring is 1. The molecule has 2 aromatic carbocycles. The van der Waals surface area contributed by atoms with Crippen LogP contribution in [-0.2, 0) is 0 Å². The molecule has 0 saturated carbocycles. The van der Waals surface area contributed by atoms with Crippen molar-refractivity contribution in [3.8, 4) is 23.0 Å². The van der Waals surface area contributed by atoms with Crippen molar-refractivity contribution in [2.24, 2.45) is 10.3 Å². The molecular formula is C27H30N8O7. The molecule has 7 N–H and O–H groups in total. The van der Waals surface area contributed by atoms with E-state index in [0.29, 0.717) is 45.8 Å². The average molecular weight is 579 g/mol. The van der Waals surface area contributed by atoms with Crippen LogP contribution in [0.4, 0.5) is 22.7 Å². The summed E-state index contributed by atoms with van der Waals surface area (Å²) in [6.07, 6.45) is 5.42. The van der Waals surface area contributed by atoms with E-state index in [1.807, 2.05) is 12.1 Å². The molecule has 4 aromatic rings. The Bertz CT molecular complexity index is 1520. The van der Waals surface area contributed by atoms with Gasteiger partial charge in [-0.3, -0.25) is 20.1 Å². The van der Waals surface area contributed by atoms with Crippen LogP contribution in [-0.4, -0.2) is 64.0 Å². The van der Waals surface area contributed by atoms with Crippen molar-refractivity contribution in [2.45, 2.75) is 0 Å². The molecule has 0 radical (unpaired) electrons. The van der Waals surface area contributed by atoms with E-state index in [4.69, 9.17) is 30.7 Å². The molecule has 220 valence electrons. The van der Waals surface area contributed by atoms with Crippen LogP contribution in [0.2, 0.25) is 0 Å². The Morgan fingerprint density at radius 3 is 1.67 bits per heavy atom. The van der Waals surface area contributed by atoms with E-state index < -0.39 is 4.92 Å². The van der Waals surface area contributed by atoms with E-state index in [1.165, 1.54) is 24.5 Å². The number of aliphatic hydroxyl groups is 1. The lowest BCUT2D eigenvalue weighted by Crippen LogP contribution is -1.97. The van der Waals surface area contributed by atoms with Crippen molar-refractivity contribution in [3.63, 3.8) is 0 Å². The van der Waals surface area contributed by atoms with E-state index in [0.717, 1.165) is 19.0 Å². The Morgan fingerprint density at radius 1 is 0.786 bits per heavy atom. The van der Waals surface area contributed by atoms with Gasteiger partial charge in [-0.2, -0.15) is 0 Å². The number of nitro groups is 1. The number of ether oxygens (including phenoxy) is 2. The van der Waals surface area contributed by atoms with Crippen LogP contribution in [0.1, 0.15) is 11.4 Å². The second-order valence-electron chi connectivity index (χ2n) is 7.71. The predicted molar refractivity (Wildman–Crippen MR) is 159 cm³/mol. The highest BCUT2D eigenvalue weighted by Crippen LogP contribution is 2.31. The summed E-state index contributed by atoms with van der Waals surface area (Å²) in [4.78, 5) is 18.4. The van der Waals surface area contributed by atoms with E-state index in [2.05, 4.69) is 30.9 Å². The van der Waals surface area contributed by atoms with Gasteiger partial charge in [-0.25, -0.2) is 0 Å². The topological polar surface area (TPSA) is 223 Å². The van der Waals surface area contributed by atoms with Crippen LogP contribution in [0.3, 0.4) is 0 Å². The fourth-order valence-corrected chi connectivity index (χ4v) is 3.28. The number of nitrogens with zero attached hydrogens (tertiary/aromatic N) is 5. The minimum atomic E-state index is -0.491. The molecule has 15 nitrogen and oxygen atoms in total. The van der Waals surface area contributed by atoms with Gasteiger partial charge in [-0.05, 0) is 36.4 Å². The molecular weight excluding hydrogens is 548 g/mol. The molecule has 0 amide bonds. The maximum atomic E-state index is 11.0. The first-order valence-corrected chi connectivity index (χ1v) is 12.0. The second-order valence-corrected chi connectivity index (χ2v) is 7.71. The number of oxime groups is 2. The van der Waals surface area contributed by atoms with Crippen molar-refractivity contribution in [2.75, 3.05) is 37.6 Å². The number of nitrogens with two attached hydrogens (primary N) is 1. The molecule has 0 saturated heterocycles. The third-order valence-electron chi connectivity index (χ3n) is 5.08. The summed E-state index contributed by atoms with van der Waals surface area (Å²) in [5, 5.41) is 46.4. The number of aliphatic hydroxyl groups excluding tert-OH is 1. The number of pyridine rings is 2. The Balaban J connectivity index is 0.000000278. The first-order chi connectivity index (χ1) is 20.4. The Morgan fingerprint density at radius 2 is 1.24 bits per heavy atom. The van der Waals surface area contributed by atoms with Crippen molar-refractivity contribution in [1.29, 1.82) is 0 Å². The fourth-order valence-electron chi connectivity index (χ4n) is 3.28. The zero-order valence-corrected chi connectivity index (χ0v) is 22.9. The molecule has 2 aromatic heterocycles. The van der Waals surface area contributed by atoms with Gasteiger partial charge in [0.1, 0.15) is 28.7 Å². The molecule has 0 atom stereocenters. The Kier molecular flexibility index (Phi) is 13.0. The lowest BCUT2D eigenvalue weighted by molar-refractivity contribution is -0.384. The molecule has 2 heterocycles. The van der Waals surface area contributed by atoms with Gasteiger partial charge < -0.3 is 41.4 Å². The summed E-state index contributed by atoms with van der Waals surface area (Å²) in [5.41, 5.74) is 8.52. The number of nitrogens with one attached hydrogen (secondary N) is 2. The van der Waals surface area contributed by atoms with Crippen molar-refractivity contribution >= 4 is 35.2 Å². The van der Waals surface area contributed by atoms with Gasteiger partial charge in [0.15, 0.2) is 0 Å². The van der Waals surface area contributed by atoms with Crippen LogP contribution in [0.5, 0.6) is 23.0 Å². The van der Waals surface area contributed by atoms with Gasteiger partial charge in [0.05, 0.1) is 46.2 Å². The van der Waals surface area contributed by atoms with Crippen molar-refractivity contribution < 1.29 is 29.9 Å². The highest BCUT2D eigenvalue weighted by Gasteiger charge is 2.14. The second kappa shape index (κ2) is 16.9. The van der Waals surface area contributed by atoms with Crippen LogP contribution in [0.15, 0.2) is 83.4 Å². The van der Waals surface area contributed by atoms with Gasteiger partial charge in [0.2, 0.25) is 0 Å². The average Bonchev–Trinajstić information content (AvgIpc) is 2.99. The minimum Gasteiger partial charge on any atom is -0.457 e. The first-order valence-electron chi connectivity index (χ1n) is 12.0. The number of aromatic nitrogens is 2. The zero-order valence-electron chi connectivity index (χ0n) is 22.9. The molecule has 0 aliphatic heterocycles. The van der Waals surface area contributed by atoms with E-state index in [1.54, 1.807) is 56.7 Å². The highest BCUT2D eigenvalue weighted by atomic mass is 16.6. The van der Waals surface area contributed by atoms with E-state index in [9.17, 15) is 10.1 Å². The zero-order chi connectivity index (χ0) is 30.9. The summed E-state index contributed by atoms with van der Waals surface area (Å²) in [7, 11) is 4.40. The van der Waals surface area contributed by atoms with Crippen LogP contribution >= 0.6 is 0 Å². The molecule has 0 unspecified atom stereocenters. The molecule has 4 rings (SSSR count). The van der Waals surface area contributed by atoms with Crippen LogP contribution in [0.25, 0.3) is 0 Å². The molecule has 15 heteroatoms. The van der Waals surface area contributed by atoms with Crippen molar-refractivity contribution in [3.05, 3.63) is 94.6 Å². The van der Waals surface area contributed by atoms with Gasteiger partial charge in [-0.1, -0.05) is 10.3 Å². The van der Waals surface area contributed by atoms with Crippen molar-refractivity contribution in [1.82, 2.24) is 9.97 Å². The standard InChI is InChI=1S/C13H12N4O4.C13H14N4O2.CH4O/c1-14-12-3-2-10(7-13(12)17(19)20)21-11-4-5-15-9(6-11)8-16-18;1-15-13-3-2-10(7-12(13)14)19-11-4-5-16-9(6-11)8-17-18;1-2/h2-8,14,18H,1H3;2-8,15,18H,14H2,1H3;2H,1H3/b16-8-;17-8-;. The van der Waals surface area contributed by atoms with Crippen LogP contribution < -0.4 is 25.8 Å². The molecule has 0 spiro atoms. The van der Waals surface area contributed by atoms with Gasteiger partial charge in [0.25, 0.3) is 5.69 Å². The smallest absolute Gasteiger partial charge is 0.296 e. The fraction of sp³-hybridized carbons (Fsp3) is 0.111. The minimum absolute atomic E-state index is 0.0822. The molecule has 0 bridgehead atoms. The normalized spacial score (nSPS) is 10.2. The maximum absolute atomic E-state index is 11.0. The van der Waals surface area contributed by atoms with Gasteiger partial charge in [0, 0.05) is 51.8 Å². The number of anilines is 3. The highest BCUT2D eigenvalue weighted by molar-refractivity contribution is 5.77. The summed E-state index contributed by atoms with van der Waals surface area (Å²) in [5.74, 6) is 1.95. The Labute approximate surface area is 240 Å². The molecule has 42 heavy (non-hydrogen) atoms. The number of benzene rings is 2. The number of nitro benzene ring substituents is 1. The Hall–Kier alpha value is -5.96. The summed E-state index contributed by atoms with van der Waals surface area (Å²) < 4.78 is 11.2. The quantitative estimate of drug-likeness (QED) is 0.0529. The monoisotopic (exact) mass is 578 g/mol. The molecule has 0 fully saturated rings. The molecule has 0 aliphatic rings. The third-order valence-corrected chi connectivity index (χ3v) is 5.08. The first kappa shape index (κ1) is 32.3.